The highest BCUT2D eigenvalue weighted by Gasteiger charge is 2.31. The number of alkyl halides is 2. The molecule has 0 saturated carbocycles. The summed E-state index contributed by atoms with van der Waals surface area (Å²) in [6.07, 6.45) is 0.773. The Morgan fingerprint density at radius 2 is 1.76 bits per heavy atom. The number of likely N-dealkylation sites (N-methyl/N-ethyl adjacent to an activating group) is 1. The standard InChI is InChI=1S/C14H21F2N/c1-11(2)10-14(15,16)13-6-4-12(5-7-13)8-9-17-3/h4-7,11,17H,8-10H2,1-3H3. The Bertz CT molecular complexity index is 331. The molecule has 0 aliphatic heterocycles. The van der Waals surface area contributed by atoms with Gasteiger partial charge in [0.15, 0.2) is 0 Å². The summed E-state index contributed by atoms with van der Waals surface area (Å²) < 4.78 is 27.6. The predicted octanol–water partition coefficient (Wildman–Crippen LogP) is 3.59. The van der Waals surface area contributed by atoms with Gasteiger partial charge in [-0.3, -0.25) is 0 Å². The van der Waals surface area contributed by atoms with Crippen LogP contribution in [0, 0.1) is 5.92 Å². The first-order valence-corrected chi connectivity index (χ1v) is 6.07. The molecule has 0 bridgehead atoms. The zero-order chi connectivity index (χ0) is 12.9. The van der Waals surface area contributed by atoms with Crippen LogP contribution < -0.4 is 5.32 Å². The normalized spacial score (nSPS) is 12.1. The van der Waals surface area contributed by atoms with Crippen molar-refractivity contribution >= 4 is 0 Å². The summed E-state index contributed by atoms with van der Waals surface area (Å²) in [6.45, 7) is 4.49. The summed E-state index contributed by atoms with van der Waals surface area (Å²) in [7, 11) is 1.88. The highest BCUT2D eigenvalue weighted by Crippen LogP contribution is 2.34. The van der Waals surface area contributed by atoms with Crippen molar-refractivity contribution in [1.29, 1.82) is 0 Å². The van der Waals surface area contributed by atoms with E-state index in [1.165, 1.54) is 0 Å². The average molecular weight is 241 g/mol. The molecular formula is C14H21F2N. The van der Waals surface area contributed by atoms with Gasteiger partial charge in [0.1, 0.15) is 0 Å². The van der Waals surface area contributed by atoms with Crippen LogP contribution in [-0.4, -0.2) is 13.6 Å². The number of hydrogen-bond donors (Lipinski definition) is 1. The van der Waals surface area contributed by atoms with Gasteiger partial charge in [0.2, 0.25) is 0 Å². The van der Waals surface area contributed by atoms with Gasteiger partial charge >= 0.3 is 0 Å². The topological polar surface area (TPSA) is 12.0 Å². The molecule has 0 aromatic heterocycles. The molecule has 1 N–H and O–H groups in total. The smallest absolute Gasteiger partial charge is 0.273 e. The lowest BCUT2D eigenvalue weighted by Gasteiger charge is -2.19. The van der Waals surface area contributed by atoms with Crippen LogP contribution in [0.4, 0.5) is 8.78 Å². The van der Waals surface area contributed by atoms with Crippen LogP contribution >= 0.6 is 0 Å². The molecule has 0 aliphatic rings. The van der Waals surface area contributed by atoms with E-state index in [0.717, 1.165) is 18.5 Å². The van der Waals surface area contributed by atoms with E-state index in [9.17, 15) is 8.78 Å². The van der Waals surface area contributed by atoms with Crippen molar-refractivity contribution in [1.82, 2.24) is 5.32 Å². The molecule has 0 amide bonds. The third-order valence-electron chi connectivity index (χ3n) is 2.70. The minimum absolute atomic E-state index is 0.00559. The molecule has 1 aromatic rings. The molecule has 0 fully saturated rings. The lowest BCUT2D eigenvalue weighted by atomic mass is 9.97. The van der Waals surface area contributed by atoms with Gasteiger partial charge in [-0.25, -0.2) is 8.78 Å². The number of hydrogen-bond acceptors (Lipinski definition) is 1. The first-order valence-electron chi connectivity index (χ1n) is 6.07. The lowest BCUT2D eigenvalue weighted by molar-refractivity contribution is -0.0249. The number of nitrogens with one attached hydrogen (secondary N) is 1. The zero-order valence-electron chi connectivity index (χ0n) is 10.8. The Kier molecular flexibility index (Phi) is 5.06. The Morgan fingerprint density at radius 1 is 1.18 bits per heavy atom. The van der Waals surface area contributed by atoms with E-state index in [2.05, 4.69) is 5.32 Å². The van der Waals surface area contributed by atoms with E-state index in [1.807, 2.05) is 20.9 Å². The molecule has 0 aliphatic carbocycles. The summed E-state index contributed by atoms with van der Waals surface area (Å²) in [5, 5.41) is 3.04. The van der Waals surface area contributed by atoms with Gasteiger partial charge in [-0.05, 0) is 31.5 Å². The van der Waals surface area contributed by atoms with Gasteiger partial charge in [-0.2, -0.15) is 0 Å². The molecule has 1 aromatic carbocycles. The maximum Gasteiger partial charge on any atom is 0.273 e. The Labute approximate surface area is 102 Å². The van der Waals surface area contributed by atoms with Crippen LogP contribution in [0.5, 0.6) is 0 Å². The van der Waals surface area contributed by atoms with Gasteiger partial charge in [0, 0.05) is 12.0 Å². The summed E-state index contributed by atoms with van der Waals surface area (Å²) in [5.41, 5.74) is 1.21. The van der Waals surface area contributed by atoms with Crippen LogP contribution in [0.15, 0.2) is 24.3 Å². The van der Waals surface area contributed by atoms with Crippen molar-refractivity contribution in [3.05, 3.63) is 35.4 Å². The van der Waals surface area contributed by atoms with Crippen molar-refractivity contribution in [2.45, 2.75) is 32.6 Å². The number of benzene rings is 1. The minimum Gasteiger partial charge on any atom is -0.319 e. The molecule has 17 heavy (non-hydrogen) atoms. The second-order valence-corrected chi connectivity index (χ2v) is 4.85. The van der Waals surface area contributed by atoms with E-state index in [-0.39, 0.29) is 17.9 Å². The second-order valence-electron chi connectivity index (χ2n) is 4.85. The molecule has 1 nitrogen and oxygen atoms in total. The average Bonchev–Trinajstić information content (AvgIpc) is 2.25. The third-order valence-corrected chi connectivity index (χ3v) is 2.70. The second kappa shape index (κ2) is 6.10. The SMILES string of the molecule is CNCCc1ccc(C(F)(F)CC(C)C)cc1. The van der Waals surface area contributed by atoms with Gasteiger partial charge in [0.25, 0.3) is 5.92 Å². The maximum atomic E-state index is 13.8. The molecule has 0 spiro atoms. The zero-order valence-corrected chi connectivity index (χ0v) is 10.8. The molecule has 0 unspecified atom stereocenters. The quantitative estimate of drug-likeness (QED) is 0.802. The monoisotopic (exact) mass is 241 g/mol. The molecular weight excluding hydrogens is 220 g/mol. The van der Waals surface area contributed by atoms with E-state index in [1.54, 1.807) is 24.3 Å². The fraction of sp³-hybridized carbons (Fsp3) is 0.571. The largest absolute Gasteiger partial charge is 0.319 e. The molecule has 3 heteroatoms. The lowest BCUT2D eigenvalue weighted by Crippen LogP contribution is -2.16. The van der Waals surface area contributed by atoms with E-state index < -0.39 is 5.92 Å². The van der Waals surface area contributed by atoms with Gasteiger partial charge in [-0.15, -0.1) is 0 Å². The predicted molar refractivity (Wildman–Crippen MR) is 67.4 cm³/mol. The molecule has 0 atom stereocenters. The highest BCUT2D eigenvalue weighted by atomic mass is 19.3. The van der Waals surface area contributed by atoms with Crippen LogP contribution in [0.1, 0.15) is 31.4 Å². The number of halogens is 2. The molecule has 0 heterocycles. The Balaban J connectivity index is 2.72. The molecule has 96 valence electrons. The van der Waals surface area contributed by atoms with Gasteiger partial charge < -0.3 is 5.32 Å². The third kappa shape index (κ3) is 4.43. The summed E-state index contributed by atoms with van der Waals surface area (Å²) in [4.78, 5) is 0. The first-order chi connectivity index (χ1) is 7.95. The van der Waals surface area contributed by atoms with Crippen molar-refractivity contribution in [3.8, 4) is 0 Å². The van der Waals surface area contributed by atoms with Crippen molar-refractivity contribution in [3.63, 3.8) is 0 Å². The Hall–Kier alpha value is -0.960. The van der Waals surface area contributed by atoms with Gasteiger partial charge in [0.05, 0.1) is 0 Å². The molecule has 0 radical (unpaired) electrons. The van der Waals surface area contributed by atoms with E-state index >= 15 is 0 Å². The van der Waals surface area contributed by atoms with Crippen LogP contribution in [0.2, 0.25) is 0 Å². The van der Waals surface area contributed by atoms with E-state index in [4.69, 9.17) is 0 Å². The van der Waals surface area contributed by atoms with Crippen molar-refractivity contribution in [2.75, 3.05) is 13.6 Å². The first kappa shape index (κ1) is 14.1. The fourth-order valence-electron chi connectivity index (χ4n) is 1.82. The van der Waals surface area contributed by atoms with Crippen LogP contribution in [0.3, 0.4) is 0 Å². The number of rotatable bonds is 6. The van der Waals surface area contributed by atoms with E-state index in [0.29, 0.717) is 0 Å². The fourth-order valence-corrected chi connectivity index (χ4v) is 1.82. The summed E-state index contributed by atoms with van der Waals surface area (Å²) >= 11 is 0. The minimum atomic E-state index is -2.71. The Morgan fingerprint density at radius 3 is 2.24 bits per heavy atom. The van der Waals surface area contributed by atoms with Crippen LogP contribution in [0.25, 0.3) is 0 Å². The van der Waals surface area contributed by atoms with Crippen LogP contribution in [-0.2, 0) is 12.3 Å². The maximum absolute atomic E-state index is 13.8. The molecule has 0 saturated heterocycles. The molecule has 1 rings (SSSR count). The van der Waals surface area contributed by atoms with Crippen molar-refractivity contribution in [2.24, 2.45) is 5.92 Å². The van der Waals surface area contributed by atoms with Crippen molar-refractivity contribution < 1.29 is 8.78 Å². The van der Waals surface area contributed by atoms with Gasteiger partial charge in [-0.1, -0.05) is 38.1 Å². The summed E-state index contributed by atoms with van der Waals surface area (Å²) in [6, 6.07) is 6.68. The highest BCUT2D eigenvalue weighted by molar-refractivity contribution is 5.26. The summed E-state index contributed by atoms with van der Waals surface area (Å²) in [5.74, 6) is -2.72.